The fourth-order valence-electron chi connectivity index (χ4n) is 2.28. The molecule has 1 unspecified atom stereocenters. The molecule has 0 aromatic carbocycles. The second kappa shape index (κ2) is 4.90. The number of rotatable bonds is 4. The lowest BCUT2D eigenvalue weighted by Crippen LogP contribution is -2.50. The third kappa shape index (κ3) is 2.67. The Morgan fingerprint density at radius 3 is 3.00 bits per heavy atom. The molecule has 1 aromatic heterocycles. The van der Waals surface area contributed by atoms with Crippen molar-refractivity contribution in [3.05, 3.63) is 12.0 Å². The summed E-state index contributed by atoms with van der Waals surface area (Å²) in [5.74, 6) is 0. The summed E-state index contributed by atoms with van der Waals surface area (Å²) in [5, 5.41) is 3.46. The van der Waals surface area contributed by atoms with Crippen LogP contribution in [0.1, 0.15) is 25.5 Å². The molecule has 18 heavy (non-hydrogen) atoms. The van der Waals surface area contributed by atoms with Crippen LogP contribution in [0.4, 0.5) is 6.01 Å². The van der Waals surface area contributed by atoms with E-state index in [1.54, 1.807) is 6.26 Å². The van der Waals surface area contributed by atoms with Gasteiger partial charge < -0.3 is 19.5 Å². The summed E-state index contributed by atoms with van der Waals surface area (Å²) in [6.07, 6.45) is 4.40. The Labute approximate surface area is 108 Å². The normalized spacial score (nSPS) is 25.7. The molecule has 2 fully saturated rings. The molecule has 1 aliphatic carbocycles. The van der Waals surface area contributed by atoms with Crippen LogP contribution in [-0.2, 0) is 6.54 Å². The molecule has 0 radical (unpaired) electrons. The van der Waals surface area contributed by atoms with Gasteiger partial charge in [-0.3, -0.25) is 0 Å². The highest BCUT2D eigenvalue weighted by molar-refractivity contribution is 5.28. The molecule has 2 aliphatic rings. The molecule has 0 spiro atoms. The monoisotopic (exact) mass is 250 g/mol. The van der Waals surface area contributed by atoms with E-state index in [1.165, 1.54) is 12.8 Å². The van der Waals surface area contributed by atoms with Crippen molar-refractivity contribution in [2.24, 2.45) is 0 Å². The van der Waals surface area contributed by atoms with Crippen LogP contribution in [0.25, 0.3) is 0 Å². The third-order valence-corrected chi connectivity index (χ3v) is 3.92. The number of hydrogen-bond acceptors (Lipinski definition) is 5. The minimum absolute atomic E-state index is 0.554. The number of nitrogens with zero attached hydrogens (tertiary/aromatic N) is 3. The van der Waals surface area contributed by atoms with Crippen molar-refractivity contribution in [1.29, 1.82) is 0 Å². The molecule has 2 heterocycles. The summed E-state index contributed by atoms with van der Waals surface area (Å²) in [6, 6.07) is 2.05. The largest absolute Gasteiger partial charge is 0.432 e. The average Bonchev–Trinajstić information content (AvgIpc) is 3.08. The predicted octanol–water partition coefficient (Wildman–Crippen LogP) is 1.07. The maximum absolute atomic E-state index is 5.60. The van der Waals surface area contributed by atoms with Crippen LogP contribution in [0.2, 0.25) is 0 Å². The van der Waals surface area contributed by atoms with Crippen molar-refractivity contribution >= 4 is 6.01 Å². The van der Waals surface area contributed by atoms with Gasteiger partial charge in [0.2, 0.25) is 0 Å². The molecule has 1 saturated carbocycles. The quantitative estimate of drug-likeness (QED) is 0.866. The highest BCUT2D eigenvalue weighted by Crippen LogP contribution is 2.21. The summed E-state index contributed by atoms with van der Waals surface area (Å²) < 4.78 is 5.60. The lowest BCUT2D eigenvalue weighted by atomic mass is 10.2. The van der Waals surface area contributed by atoms with Crippen molar-refractivity contribution in [3.8, 4) is 0 Å². The topological polar surface area (TPSA) is 44.5 Å². The maximum Gasteiger partial charge on any atom is 0.297 e. The zero-order chi connectivity index (χ0) is 12.5. The fourth-order valence-corrected chi connectivity index (χ4v) is 2.28. The number of nitrogens with one attached hydrogen (secondary N) is 1. The molecule has 3 rings (SSSR count). The smallest absolute Gasteiger partial charge is 0.297 e. The van der Waals surface area contributed by atoms with Crippen molar-refractivity contribution < 1.29 is 4.42 Å². The third-order valence-electron chi connectivity index (χ3n) is 3.92. The average molecular weight is 250 g/mol. The SMILES string of the molecule is CC1CN(c2nc(CNC3CC3)co2)CCN1C. The molecule has 1 saturated heterocycles. The van der Waals surface area contributed by atoms with Crippen molar-refractivity contribution in [2.75, 3.05) is 31.6 Å². The minimum atomic E-state index is 0.554. The predicted molar refractivity (Wildman–Crippen MR) is 70.7 cm³/mol. The molecule has 100 valence electrons. The summed E-state index contributed by atoms with van der Waals surface area (Å²) in [7, 11) is 2.17. The van der Waals surface area contributed by atoms with Gasteiger partial charge in [-0.05, 0) is 26.8 Å². The first-order valence-electron chi connectivity index (χ1n) is 6.85. The zero-order valence-electron chi connectivity index (χ0n) is 11.2. The molecule has 5 heteroatoms. The molecular weight excluding hydrogens is 228 g/mol. The van der Waals surface area contributed by atoms with Crippen LogP contribution >= 0.6 is 0 Å². The van der Waals surface area contributed by atoms with Crippen LogP contribution < -0.4 is 10.2 Å². The second-order valence-corrected chi connectivity index (χ2v) is 5.55. The first-order chi connectivity index (χ1) is 8.72. The Bertz CT molecular complexity index is 401. The Kier molecular flexibility index (Phi) is 3.26. The van der Waals surface area contributed by atoms with Crippen LogP contribution in [-0.4, -0.2) is 48.6 Å². The lowest BCUT2D eigenvalue weighted by Gasteiger charge is -2.36. The van der Waals surface area contributed by atoms with E-state index in [2.05, 4.69) is 34.1 Å². The first kappa shape index (κ1) is 12.0. The number of hydrogen-bond donors (Lipinski definition) is 1. The molecule has 5 nitrogen and oxygen atoms in total. The number of aromatic nitrogens is 1. The van der Waals surface area contributed by atoms with Gasteiger partial charge in [0.15, 0.2) is 0 Å². The number of anilines is 1. The van der Waals surface area contributed by atoms with Crippen molar-refractivity contribution in [3.63, 3.8) is 0 Å². The lowest BCUT2D eigenvalue weighted by molar-refractivity contribution is 0.229. The first-order valence-corrected chi connectivity index (χ1v) is 6.85. The van der Waals surface area contributed by atoms with Crippen LogP contribution in [0.15, 0.2) is 10.7 Å². The van der Waals surface area contributed by atoms with E-state index in [-0.39, 0.29) is 0 Å². The van der Waals surface area contributed by atoms with E-state index in [9.17, 15) is 0 Å². The van der Waals surface area contributed by atoms with Crippen LogP contribution in [0.3, 0.4) is 0 Å². The van der Waals surface area contributed by atoms with Gasteiger partial charge in [-0.1, -0.05) is 0 Å². The highest BCUT2D eigenvalue weighted by atomic mass is 16.4. The van der Waals surface area contributed by atoms with Crippen LogP contribution in [0, 0.1) is 0 Å². The van der Waals surface area contributed by atoms with Gasteiger partial charge in [-0.25, -0.2) is 0 Å². The molecule has 0 amide bonds. The molecule has 1 aliphatic heterocycles. The van der Waals surface area contributed by atoms with Crippen LogP contribution in [0.5, 0.6) is 0 Å². The summed E-state index contributed by atoms with van der Waals surface area (Å²) >= 11 is 0. The Morgan fingerprint density at radius 2 is 2.28 bits per heavy atom. The molecule has 1 aromatic rings. The van der Waals surface area contributed by atoms with E-state index in [0.29, 0.717) is 12.1 Å². The molecule has 1 N–H and O–H groups in total. The Morgan fingerprint density at radius 1 is 1.44 bits per heavy atom. The molecule has 1 atom stereocenters. The van der Waals surface area contributed by atoms with E-state index in [4.69, 9.17) is 4.42 Å². The Balaban J connectivity index is 1.58. The highest BCUT2D eigenvalue weighted by Gasteiger charge is 2.24. The van der Waals surface area contributed by atoms with E-state index < -0.39 is 0 Å². The fraction of sp³-hybridized carbons (Fsp3) is 0.769. The zero-order valence-corrected chi connectivity index (χ0v) is 11.2. The number of likely N-dealkylation sites (N-methyl/N-ethyl adjacent to an activating group) is 1. The second-order valence-electron chi connectivity index (χ2n) is 5.55. The van der Waals surface area contributed by atoms with E-state index >= 15 is 0 Å². The Hall–Kier alpha value is -1.07. The van der Waals surface area contributed by atoms with Crippen molar-refractivity contribution in [1.82, 2.24) is 15.2 Å². The van der Waals surface area contributed by atoms with Gasteiger partial charge in [0.05, 0.1) is 5.69 Å². The van der Waals surface area contributed by atoms with Gasteiger partial charge in [-0.2, -0.15) is 4.98 Å². The van der Waals surface area contributed by atoms with Gasteiger partial charge in [0.1, 0.15) is 6.26 Å². The van der Waals surface area contributed by atoms with E-state index in [0.717, 1.165) is 37.9 Å². The van der Waals surface area contributed by atoms with Gasteiger partial charge in [-0.15, -0.1) is 0 Å². The summed E-state index contributed by atoms with van der Waals surface area (Å²) in [6.45, 7) is 6.13. The maximum atomic E-state index is 5.60. The summed E-state index contributed by atoms with van der Waals surface area (Å²) in [4.78, 5) is 9.18. The van der Waals surface area contributed by atoms with E-state index in [1.807, 2.05) is 0 Å². The molecular formula is C13H22N4O. The van der Waals surface area contributed by atoms with Crippen molar-refractivity contribution in [2.45, 2.75) is 38.4 Å². The number of piperazine rings is 1. The standard InChI is InChI=1S/C13H22N4O/c1-10-8-17(6-5-16(10)2)13-15-12(9-18-13)7-14-11-3-4-11/h9-11,14H,3-8H2,1-2H3. The van der Waals surface area contributed by atoms with Gasteiger partial charge >= 0.3 is 0 Å². The van der Waals surface area contributed by atoms with Gasteiger partial charge in [0.25, 0.3) is 6.01 Å². The number of oxazole rings is 1. The van der Waals surface area contributed by atoms with Gasteiger partial charge in [0, 0.05) is 38.3 Å². The summed E-state index contributed by atoms with van der Waals surface area (Å²) in [5.41, 5.74) is 1.02. The minimum Gasteiger partial charge on any atom is -0.432 e. The molecule has 0 bridgehead atoms.